The number of carbonyl (C=O) groups excluding carboxylic acids is 3. The fourth-order valence-electron chi connectivity index (χ4n) is 4.57. The number of hydrogen-bond donors (Lipinski definition) is 2. The molecule has 0 aromatic heterocycles. The van der Waals surface area contributed by atoms with Gasteiger partial charge in [0.15, 0.2) is 0 Å². The van der Waals surface area contributed by atoms with Gasteiger partial charge in [0.05, 0.1) is 7.11 Å². The monoisotopic (exact) mass is 567 g/mol. The van der Waals surface area contributed by atoms with Gasteiger partial charge in [-0.2, -0.15) is 0 Å². The molecule has 0 spiro atoms. The average Bonchev–Trinajstić information content (AvgIpc) is 2.92. The predicted molar refractivity (Wildman–Crippen MR) is 164 cm³/mol. The van der Waals surface area contributed by atoms with E-state index >= 15 is 0 Å². The van der Waals surface area contributed by atoms with Gasteiger partial charge in [0.2, 0.25) is 5.91 Å². The van der Waals surface area contributed by atoms with E-state index in [1.54, 1.807) is 57.0 Å². The Kier molecular flexibility index (Phi) is 13.2. The molecule has 2 rings (SSSR count). The third-order valence-corrected chi connectivity index (χ3v) is 6.96. The number of nitrogens with zero attached hydrogens (tertiary/aromatic N) is 1. The van der Waals surface area contributed by atoms with Crippen molar-refractivity contribution in [3.05, 3.63) is 59.7 Å². The highest BCUT2D eigenvalue weighted by Crippen LogP contribution is 2.28. The van der Waals surface area contributed by atoms with E-state index in [4.69, 9.17) is 9.47 Å². The maximum Gasteiger partial charge on any atom is 0.408 e. The van der Waals surface area contributed by atoms with Crippen molar-refractivity contribution in [1.29, 1.82) is 0 Å². The highest BCUT2D eigenvalue weighted by Gasteiger charge is 2.38. The van der Waals surface area contributed by atoms with Gasteiger partial charge in [0.25, 0.3) is 5.91 Å². The summed E-state index contributed by atoms with van der Waals surface area (Å²) in [4.78, 5) is 42.9. The molecule has 0 aliphatic rings. The summed E-state index contributed by atoms with van der Waals surface area (Å²) in [7, 11) is 1.59. The molecule has 41 heavy (non-hydrogen) atoms. The Balaban J connectivity index is 2.54. The molecule has 8 nitrogen and oxygen atoms in total. The van der Waals surface area contributed by atoms with Gasteiger partial charge >= 0.3 is 6.09 Å². The van der Waals surface area contributed by atoms with E-state index in [9.17, 15) is 14.4 Å². The topological polar surface area (TPSA) is 97.0 Å². The standard InChI is InChI=1S/C33H49N3O5/c1-9-11-12-13-21-36(31(38)28(24(4)10-2)35-32(39)41-33(5,6)7)29(25-16-14-15-23(3)22-25)30(37)34-26-17-19-27(40-8)20-18-26/h14-20,22,24,28-29H,9-13,21H2,1-8H3,(H,34,37)(H,35,39). The average molecular weight is 568 g/mol. The van der Waals surface area contributed by atoms with Crippen LogP contribution in [0.15, 0.2) is 48.5 Å². The van der Waals surface area contributed by atoms with Crippen molar-refractivity contribution >= 4 is 23.6 Å². The lowest BCUT2D eigenvalue weighted by molar-refractivity contribution is -0.142. The molecule has 2 aromatic rings. The van der Waals surface area contributed by atoms with Gasteiger partial charge in [0, 0.05) is 12.2 Å². The number of unbranched alkanes of at least 4 members (excludes halogenated alkanes) is 3. The summed E-state index contributed by atoms with van der Waals surface area (Å²) in [5.74, 6) is -0.144. The molecule has 3 amide bonds. The number of amides is 3. The number of aryl methyl sites for hydroxylation is 1. The van der Waals surface area contributed by atoms with Gasteiger partial charge in [-0.1, -0.05) is 76.3 Å². The molecule has 0 aliphatic carbocycles. The smallest absolute Gasteiger partial charge is 0.408 e. The minimum absolute atomic E-state index is 0.184. The quantitative estimate of drug-likeness (QED) is 0.239. The van der Waals surface area contributed by atoms with E-state index in [2.05, 4.69) is 17.6 Å². The number of ether oxygens (including phenoxy) is 2. The SMILES string of the molecule is CCCCCCN(C(=O)C(NC(=O)OC(C)(C)C)C(C)CC)C(C(=O)Nc1ccc(OC)cc1)c1cccc(C)c1. The number of carbonyl (C=O) groups is 3. The molecule has 2 N–H and O–H groups in total. The normalized spacial score (nSPS) is 13.5. The van der Waals surface area contributed by atoms with E-state index in [0.29, 0.717) is 30.0 Å². The van der Waals surface area contributed by atoms with Crippen LogP contribution in [0.4, 0.5) is 10.5 Å². The lowest BCUT2D eigenvalue weighted by Gasteiger charge is -2.36. The van der Waals surface area contributed by atoms with E-state index in [0.717, 1.165) is 31.2 Å². The van der Waals surface area contributed by atoms with E-state index < -0.39 is 23.8 Å². The first-order valence-corrected chi connectivity index (χ1v) is 14.7. The van der Waals surface area contributed by atoms with Gasteiger partial charge in [-0.25, -0.2) is 4.79 Å². The minimum Gasteiger partial charge on any atom is -0.497 e. The van der Waals surface area contributed by atoms with Crippen molar-refractivity contribution in [3.63, 3.8) is 0 Å². The molecule has 3 atom stereocenters. The zero-order valence-corrected chi connectivity index (χ0v) is 26.1. The number of hydrogen-bond acceptors (Lipinski definition) is 5. The molecule has 0 saturated heterocycles. The van der Waals surface area contributed by atoms with Gasteiger partial charge < -0.3 is 25.0 Å². The molecule has 0 saturated carbocycles. The third-order valence-electron chi connectivity index (χ3n) is 6.96. The Labute approximate surface area is 246 Å². The van der Waals surface area contributed by atoms with Crippen molar-refractivity contribution in [3.8, 4) is 5.75 Å². The Bertz CT molecular complexity index is 1130. The number of anilines is 1. The Morgan fingerprint density at radius 2 is 1.66 bits per heavy atom. The van der Waals surface area contributed by atoms with Crippen LogP contribution in [0.2, 0.25) is 0 Å². The summed E-state index contributed by atoms with van der Waals surface area (Å²) in [5.41, 5.74) is 1.57. The van der Waals surface area contributed by atoms with Gasteiger partial charge in [-0.15, -0.1) is 0 Å². The summed E-state index contributed by atoms with van der Waals surface area (Å²) in [6, 6.07) is 13.0. The highest BCUT2D eigenvalue weighted by molar-refractivity contribution is 5.99. The van der Waals surface area contributed by atoms with Crippen LogP contribution in [0.3, 0.4) is 0 Å². The second kappa shape index (κ2) is 16.0. The first kappa shape index (κ1) is 33.7. The minimum atomic E-state index is -0.905. The summed E-state index contributed by atoms with van der Waals surface area (Å²) in [5, 5.41) is 5.83. The van der Waals surface area contributed by atoms with Crippen LogP contribution in [-0.4, -0.2) is 48.1 Å². The van der Waals surface area contributed by atoms with Crippen molar-refractivity contribution in [2.24, 2.45) is 5.92 Å². The molecular weight excluding hydrogens is 518 g/mol. The van der Waals surface area contributed by atoms with Gasteiger partial charge in [-0.3, -0.25) is 9.59 Å². The molecule has 2 aromatic carbocycles. The lowest BCUT2D eigenvalue weighted by atomic mass is 9.95. The van der Waals surface area contributed by atoms with E-state index in [-0.39, 0.29) is 17.7 Å². The van der Waals surface area contributed by atoms with Crippen LogP contribution in [0.5, 0.6) is 5.75 Å². The number of methoxy groups -OCH3 is 1. The summed E-state index contributed by atoms with van der Waals surface area (Å²) in [6.45, 7) is 13.7. The van der Waals surface area contributed by atoms with Crippen LogP contribution in [-0.2, 0) is 14.3 Å². The van der Waals surface area contributed by atoms with E-state index in [1.807, 2.05) is 45.0 Å². The fraction of sp³-hybridized carbons (Fsp3) is 0.545. The second-order valence-electron chi connectivity index (χ2n) is 11.6. The number of alkyl carbamates (subject to hydrolysis) is 1. The van der Waals surface area contributed by atoms with Crippen LogP contribution in [0.25, 0.3) is 0 Å². The van der Waals surface area contributed by atoms with Crippen molar-refractivity contribution < 1.29 is 23.9 Å². The molecule has 0 radical (unpaired) electrons. The lowest BCUT2D eigenvalue weighted by Crippen LogP contribution is -2.55. The Morgan fingerprint density at radius 1 is 0.976 bits per heavy atom. The molecule has 0 heterocycles. The number of benzene rings is 2. The van der Waals surface area contributed by atoms with Crippen LogP contribution in [0, 0.1) is 12.8 Å². The largest absolute Gasteiger partial charge is 0.497 e. The van der Waals surface area contributed by atoms with Gasteiger partial charge in [0.1, 0.15) is 23.4 Å². The van der Waals surface area contributed by atoms with Crippen LogP contribution < -0.4 is 15.4 Å². The molecule has 0 bridgehead atoms. The second-order valence-corrected chi connectivity index (χ2v) is 11.6. The number of rotatable bonds is 14. The van der Waals surface area contributed by atoms with Gasteiger partial charge in [-0.05, 0) is 69.9 Å². The summed E-state index contributed by atoms with van der Waals surface area (Å²) >= 11 is 0. The maximum absolute atomic E-state index is 14.4. The maximum atomic E-state index is 14.4. The van der Waals surface area contributed by atoms with Crippen LogP contribution >= 0.6 is 0 Å². The molecule has 8 heteroatoms. The Morgan fingerprint density at radius 3 is 2.22 bits per heavy atom. The third kappa shape index (κ3) is 10.7. The van der Waals surface area contributed by atoms with Crippen molar-refractivity contribution in [2.75, 3.05) is 19.0 Å². The first-order chi connectivity index (χ1) is 19.4. The molecular formula is C33H49N3O5. The van der Waals surface area contributed by atoms with E-state index in [1.165, 1.54) is 0 Å². The zero-order chi connectivity index (χ0) is 30.6. The summed E-state index contributed by atoms with van der Waals surface area (Å²) in [6.07, 6.45) is 3.73. The van der Waals surface area contributed by atoms with Crippen molar-refractivity contribution in [2.45, 2.75) is 98.3 Å². The predicted octanol–water partition coefficient (Wildman–Crippen LogP) is 7.03. The highest BCUT2D eigenvalue weighted by atomic mass is 16.6. The van der Waals surface area contributed by atoms with Crippen LogP contribution in [0.1, 0.15) is 90.8 Å². The molecule has 3 unspecified atom stereocenters. The molecule has 0 fully saturated rings. The first-order valence-electron chi connectivity index (χ1n) is 14.7. The Hall–Kier alpha value is -3.55. The zero-order valence-electron chi connectivity index (χ0n) is 26.1. The number of nitrogens with one attached hydrogen (secondary N) is 2. The fourth-order valence-corrected chi connectivity index (χ4v) is 4.57. The molecule has 226 valence electrons. The molecule has 0 aliphatic heterocycles. The van der Waals surface area contributed by atoms with Crippen molar-refractivity contribution in [1.82, 2.24) is 10.2 Å². The summed E-state index contributed by atoms with van der Waals surface area (Å²) < 4.78 is 10.8.